The summed E-state index contributed by atoms with van der Waals surface area (Å²) in [4.78, 5) is 19.7. The van der Waals surface area contributed by atoms with Gasteiger partial charge in [-0.2, -0.15) is 0 Å². The van der Waals surface area contributed by atoms with Gasteiger partial charge in [0, 0.05) is 17.9 Å². The number of nitrogens with two attached hydrogens (primary N) is 1. The molecule has 0 bridgehead atoms. The number of pyridine rings is 1. The molecule has 0 amide bonds. The van der Waals surface area contributed by atoms with Crippen molar-refractivity contribution in [1.29, 1.82) is 0 Å². The fourth-order valence-electron chi connectivity index (χ4n) is 3.99. The second-order valence-electron chi connectivity index (χ2n) is 8.45. The van der Waals surface area contributed by atoms with Gasteiger partial charge >= 0.3 is 0 Å². The highest BCUT2D eigenvalue weighted by molar-refractivity contribution is 7.44. The lowest BCUT2D eigenvalue weighted by molar-refractivity contribution is -0.712. The third-order valence-corrected chi connectivity index (χ3v) is 6.29. The number of phosphoric ester groups is 1. The molecule has 1 atom stereocenters. The van der Waals surface area contributed by atoms with Crippen LogP contribution in [0.15, 0.2) is 95.6 Å². The zero-order valence-electron chi connectivity index (χ0n) is 19.7. The second-order valence-corrected chi connectivity index (χ2v) is 9.64. The molecule has 5 rings (SSSR count). The number of fused-ring (bicyclic) bond motifs is 1. The minimum Gasteiger partial charge on any atom is -0.756 e. The van der Waals surface area contributed by atoms with Gasteiger partial charge in [0.25, 0.3) is 13.6 Å². The Morgan fingerprint density at radius 2 is 1.76 bits per heavy atom. The van der Waals surface area contributed by atoms with Crippen molar-refractivity contribution in [3.8, 4) is 17.1 Å². The summed E-state index contributed by atoms with van der Waals surface area (Å²) in [6.07, 6.45) is 2.07. The molecule has 0 aliphatic carbocycles. The topological polar surface area (TPSA) is 135 Å². The maximum absolute atomic E-state index is 10.9. The molecule has 0 spiro atoms. The number of phosphoric acid groups is 1. The van der Waals surface area contributed by atoms with Crippen LogP contribution in [-0.4, -0.2) is 10.1 Å². The lowest BCUT2D eigenvalue weighted by atomic mass is 10.1. The van der Waals surface area contributed by atoms with Gasteiger partial charge in [0.2, 0.25) is 0 Å². The van der Waals surface area contributed by atoms with Crippen molar-refractivity contribution < 1.29 is 32.7 Å². The maximum Gasteiger partial charge on any atom is 0.285 e. The third-order valence-electron chi connectivity index (χ3n) is 5.85. The highest BCUT2D eigenvalue weighted by Crippen LogP contribution is 2.31. The van der Waals surface area contributed by atoms with E-state index in [4.69, 9.17) is 19.9 Å². The van der Waals surface area contributed by atoms with Crippen LogP contribution in [-0.2, 0) is 28.8 Å². The van der Waals surface area contributed by atoms with Crippen LogP contribution in [0.3, 0.4) is 0 Å². The number of nitrogens with zero attached hydrogens (tertiary/aromatic N) is 2. The van der Waals surface area contributed by atoms with Crippen LogP contribution in [0.25, 0.3) is 22.1 Å². The number of rotatable bonds is 9. The molecule has 9 nitrogen and oxygen atoms in total. The Bertz CT molecular complexity index is 1570. The van der Waals surface area contributed by atoms with Crippen molar-refractivity contribution in [2.45, 2.75) is 19.8 Å². The van der Waals surface area contributed by atoms with Gasteiger partial charge in [-0.05, 0) is 34.7 Å². The van der Waals surface area contributed by atoms with E-state index in [0.29, 0.717) is 30.0 Å². The first kappa shape index (κ1) is 24.7. The van der Waals surface area contributed by atoms with Gasteiger partial charge in [0.1, 0.15) is 17.9 Å². The third kappa shape index (κ3) is 6.04. The van der Waals surface area contributed by atoms with Gasteiger partial charge in [-0.3, -0.25) is 14.8 Å². The number of hydrogen-bond acceptors (Lipinski definition) is 7. The molecular formula is C27H24N3O6P. The molecule has 37 heavy (non-hydrogen) atoms. The number of nitrogen functional groups attached to an aromatic ring is 1. The SMILES string of the molecule is Nc1c(-c2cc(Cc3ccc(COc4cccc5ccccc45)cc3)no2)ccc[n+]1COP(=O)([O-])O. The van der Waals surface area contributed by atoms with Crippen molar-refractivity contribution in [2.24, 2.45) is 0 Å². The first-order valence-corrected chi connectivity index (χ1v) is 13.0. The van der Waals surface area contributed by atoms with E-state index in [1.54, 1.807) is 18.2 Å². The fourth-order valence-corrected chi connectivity index (χ4v) is 4.26. The molecule has 2 heterocycles. The Hall–Kier alpha value is -4.01. The fraction of sp³-hybridized carbons (Fsp3) is 0.111. The van der Waals surface area contributed by atoms with Crippen molar-refractivity contribution in [2.75, 3.05) is 5.73 Å². The average Bonchev–Trinajstić information content (AvgIpc) is 3.35. The van der Waals surface area contributed by atoms with Gasteiger partial charge in [-0.25, -0.2) is 4.57 Å². The Balaban J connectivity index is 1.23. The number of benzene rings is 3. The molecule has 188 valence electrons. The van der Waals surface area contributed by atoms with Crippen LogP contribution in [0, 0.1) is 0 Å². The van der Waals surface area contributed by atoms with Gasteiger partial charge in [-0.1, -0.05) is 65.8 Å². The normalized spacial score (nSPS) is 12.9. The summed E-state index contributed by atoms with van der Waals surface area (Å²) in [5, 5.41) is 6.36. The molecular weight excluding hydrogens is 493 g/mol. The number of hydrogen-bond donors (Lipinski definition) is 2. The molecule has 3 N–H and O–H groups in total. The van der Waals surface area contributed by atoms with E-state index in [0.717, 1.165) is 27.6 Å². The van der Waals surface area contributed by atoms with E-state index < -0.39 is 14.6 Å². The molecule has 10 heteroatoms. The van der Waals surface area contributed by atoms with Crippen LogP contribution < -0.4 is 19.9 Å². The predicted molar refractivity (Wildman–Crippen MR) is 135 cm³/mol. The van der Waals surface area contributed by atoms with E-state index in [1.165, 1.54) is 10.8 Å². The number of anilines is 1. The number of ether oxygens (including phenoxy) is 1. The molecule has 0 radical (unpaired) electrons. The van der Waals surface area contributed by atoms with E-state index >= 15 is 0 Å². The average molecular weight is 517 g/mol. The maximum atomic E-state index is 10.9. The highest BCUT2D eigenvalue weighted by Gasteiger charge is 2.18. The molecule has 2 aromatic heterocycles. The Morgan fingerprint density at radius 3 is 2.57 bits per heavy atom. The van der Waals surface area contributed by atoms with Crippen LogP contribution in [0.5, 0.6) is 5.75 Å². The summed E-state index contributed by atoms with van der Waals surface area (Å²) in [7, 11) is -4.88. The van der Waals surface area contributed by atoms with Gasteiger partial charge < -0.3 is 19.0 Å². The predicted octanol–water partition coefficient (Wildman–Crippen LogP) is 3.97. The van der Waals surface area contributed by atoms with Gasteiger partial charge in [-0.15, -0.1) is 0 Å². The van der Waals surface area contributed by atoms with E-state index in [-0.39, 0.29) is 5.82 Å². The zero-order chi connectivity index (χ0) is 25.8. The second kappa shape index (κ2) is 10.5. The Morgan fingerprint density at radius 1 is 1.00 bits per heavy atom. The summed E-state index contributed by atoms with van der Waals surface area (Å²) in [6.45, 7) is -0.00796. The quantitative estimate of drug-likeness (QED) is 0.222. The molecule has 1 unspecified atom stereocenters. The molecule has 0 aliphatic rings. The van der Waals surface area contributed by atoms with E-state index in [9.17, 15) is 9.46 Å². The first-order valence-electron chi connectivity index (χ1n) is 11.5. The summed E-state index contributed by atoms with van der Waals surface area (Å²) in [5.74, 6) is 1.48. The minimum atomic E-state index is -4.88. The lowest BCUT2D eigenvalue weighted by Crippen LogP contribution is -2.38. The molecule has 0 aliphatic heterocycles. The molecule has 0 saturated heterocycles. The molecule has 0 fully saturated rings. The van der Waals surface area contributed by atoms with E-state index in [1.807, 2.05) is 48.5 Å². The van der Waals surface area contributed by atoms with Crippen molar-refractivity contribution in [3.05, 3.63) is 108 Å². The largest absolute Gasteiger partial charge is 0.756 e. The van der Waals surface area contributed by atoms with Crippen molar-refractivity contribution >= 4 is 24.4 Å². The first-order chi connectivity index (χ1) is 17.9. The van der Waals surface area contributed by atoms with Crippen LogP contribution in [0.1, 0.15) is 16.8 Å². The summed E-state index contributed by atoms with van der Waals surface area (Å²) in [5.41, 5.74) is 9.46. The monoisotopic (exact) mass is 517 g/mol. The zero-order valence-corrected chi connectivity index (χ0v) is 20.6. The molecule has 0 saturated carbocycles. The van der Waals surface area contributed by atoms with Crippen LogP contribution in [0.4, 0.5) is 5.82 Å². The van der Waals surface area contributed by atoms with Crippen LogP contribution >= 0.6 is 7.82 Å². The minimum absolute atomic E-state index is 0.203. The summed E-state index contributed by atoms with van der Waals surface area (Å²) < 4.78 is 28.2. The van der Waals surface area contributed by atoms with Crippen molar-refractivity contribution in [1.82, 2.24) is 5.16 Å². The summed E-state index contributed by atoms with van der Waals surface area (Å²) >= 11 is 0. The molecule has 5 aromatic rings. The Labute approximate surface area is 212 Å². The lowest BCUT2D eigenvalue weighted by Gasteiger charge is -2.14. The van der Waals surface area contributed by atoms with Crippen molar-refractivity contribution in [3.63, 3.8) is 0 Å². The standard InChI is InChI=1S/C27H24N3O6P/c28-27-24(8-4-14-30(27)18-35-37(31,32)33)26-16-22(29-36-26)15-19-10-12-20(13-11-19)17-34-25-9-3-6-21-5-1-2-7-23(21)25/h1-14,16,28H,15,17-18H2,(H2,31,32,33). The van der Waals surface area contributed by atoms with Crippen LogP contribution in [0.2, 0.25) is 0 Å². The Kier molecular flexibility index (Phi) is 7.03. The van der Waals surface area contributed by atoms with Gasteiger partial charge in [0.15, 0.2) is 12.5 Å². The smallest absolute Gasteiger partial charge is 0.285 e. The highest BCUT2D eigenvalue weighted by atomic mass is 31.2. The van der Waals surface area contributed by atoms with E-state index in [2.05, 4.69) is 27.9 Å². The molecule has 3 aromatic carbocycles. The summed E-state index contributed by atoms with van der Waals surface area (Å²) in [6, 6.07) is 27.4. The van der Waals surface area contributed by atoms with Gasteiger partial charge in [0.05, 0.1) is 11.9 Å². The number of aromatic nitrogens is 2.